The number of nitrogens with zero attached hydrogens (tertiary/aromatic N) is 2. The van der Waals surface area contributed by atoms with Crippen LogP contribution in [0.5, 0.6) is 6.01 Å². The lowest BCUT2D eigenvalue weighted by Crippen LogP contribution is -2.29. The fourth-order valence-corrected chi connectivity index (χ4v) is 4.33. The number of carbonyl (C=O) groups excluding carboxylic acids is 2. The fraction of sp³-hybridized carbons (Fsp3) is 0.269. The van der Waals surface area contributed by atoms with Crippen LogP contribution < -0.4 is 15.4 Å². The van der Waals surface area contributed by atoms with Crippen LogP contribution >= 0.6 is 0 Å². The van der Waals surface area contributed by atoms with Gasteiger partial charge >= 0.3 is 12.0 Å². The van der Waals surface area contributed by atoms with Crippen molar-refractivity contribution in [2.45, 2.75) is 39.3 Å². The maximum absolute atomic E-state index is 13.5. The number of carboxylic acids is 1. The number of halogens is 1. The van der Waals surface area contributed by atoms with Gasteiger partial charge in [-0.1, -0.05) is 18.2 Å². The molecule has 1 aliphatic rings. The number of hydrogen-bond acceptors (Lipinski definition) is 6. The number of ether oxygens (including phenoxy) is 1. The van der Waals surface area contributed by atoms with Crippen LogP contribution in [0, 0.1) is 19.7 Å². The number of hydrogen-bond donors (Lipinski definition) is 3. The third kappa shape index (κ3) is 5.02. The maximum atomic E-state index is 13.5. The highest BCUT2D eigenvalue weighted by Crippen LogP contribution is 2.34. The van der Waals surface area contributed by atoms with E-state index >= 15 is 0 Å². The highest BCUT2D eigenvalue weighted by Gasteiger charge is 2.28. The summed E-state index contributed by atoms with van der Waals surface area (Å²) in [6.45, 7) is 3.54. The Kier molecular flexibility index (Phi) is 6.96. The summed E-state index contributed by atoms with van der Waals surface area (Å²) in [6, 6.07) is 8.61. The van der Waals surface area contributed by atoms with Crippen LogP contribution in [0.1, 0.15) is 71.6 Å². The zero-order valence-corrected chi connectivity index (χ0v) is 20.0. The van der Waals surface area contributed by atoms with Crippen molar-refractivity contribution in [1.82, 2.24) is 20.6 Å². The number of methoxy groups -OCH3 is 1. The molecule has 0 unspecified atom stereocenters. The van der Waals surface area contributed by atoms with Crippen molar-refractivity contribution >= 4 is 17.8 Å². The Morgan fingerprint density at radius 3 is 2.47 bits per heavy atom. The molecule has 1 heterocycles. The molecule has 9 nitrogen and oxygen atoms in total. The lowest BCUT2D eigenvalue weighted by atomic mass is 9.98. The van der Waals surface area contributed by atoms with Crippen LogP contribution in [0.15, 0.2) is 36.4 Å². The SMILES string of the molecule is COc1nc(C(=O)NCc2ccc(F)c(C)c2)cc(C(=O)N[C@H]2CCc3c2ccc(C(=O)O)c3C)n1. The minimum atomic E-state index is -0.990. The molecule has 3 aromatic rings. The van der Waals surface area contributed by atoms with Gasteiger partial charge in [-0.25, -0.2) is 9.18 Å². The normalized spacial score (nSPS) is 14.2. The van der Waals surface area contributed by atoms with Crippen molar-refractivity contribution in [3.63, 3.8) is 0 Å². The van der Waals surface area contributed by atoms with Gasteiger partial charge in [-0.05, 0) is 66.6 Å². The molecule has 36 heavy (non-hydrogen) atoms. The first-order valence-electron chi connectivity index (χ1n) is 11.3. The summed E-state index contributed by atoms with van der Waals surface area (Å²) in [7, 11) is 1.33. The highest BCUT2D eigenvalue weighted by molar-refractivity contribution is 5.97. The minimum Gasteiger partial charge on any atom is -0.478 e. The first-order valence-corrected chi connectivity index (χ1v) is 11.3. The number of aromatic carboxylic acids is 1. The zero-order chi connectivity index (χ0) is 26.0. The lowest BCUT2D eigenvalue weighted by molar-refractivity contribution is 0.0695. The lowest BCUT2D eigenvalue weighted by Gasteiger charge is -2.15. The standard InChI is InChI=1S/C26H25FN4O5/c1-13-10-15(4-8-19(13)27)12-28-23(32)21-11-22(31-26(30-21)36-3)24(33)29-20-9-7-16-14(2)17(25(34)35)5-6-18(16)20/h4-6,8,10-11,20H,7,9,12H2,1-3H3,(H,28,32)(H,29,33)(H,34,35)/t20-/m0/s1. The second-order valence-electron chi connectivity index (χ2n) is 8.57. The molecule has 1 aliphatic carbocycles. The Morgan fingerprint density at radius 2 is 1.81 bits per heavy atom. The molecule has 0 spiro atoms. The second kappa shape index (κ2) is 10.1. The second-order valence-corrected chi connectivity index (χ2v) is 8.57. The Balaban J connectivity index is 1.50. The van der Waals surface area contributed by atoms with E-state index in [4.69, 9.17) is 4.74 Å². The Hall–Kier alpha value is -4.34. The smallest absolute Gasteiger partial charge is 0.335 e. The summed E-state index contributed by atoms with van der Waals surface area (Å²) in [5.41, 5.74) is 3.78. The molecule has 4 rings (SSSR count). The molecule has 0 saturated heterocycles. The van der Waals surface area contributed by atoms with Crippen molar-refractivity contribution in [3.05, 3.63) is 87.0 Å². The number of fused-ring (bicyclic) bond motifs is 1. The van der Waals surface area contributed by atoms with Crippen molar-refractivity contribution in [2.75, 3.05) is 7.11 Å². The summed E-state index contributed by atoms with van der Waals surface area (Å²) in [4.78, 5) is 45.3. The predicted octanol–water partition coefficient (Wildman–Crippen LogP) is 3.29. The molecule has 0 fully saturated rings. The molecule has 2 amide bonds. The number of aromatic nitrogens is 2. The molecule has 1 aromatic heterocycles. The van der Waals surface area contributed by atoms with E-state index in [1.165, 1.54) is 19.2 Å². The van der Waals surface area contributed by atoms with Gasteiger partial charge in [0.05, 0.1) is 18.7 Å². The molecule has 0 aliphatic heterocycles. The molecule has 0 saturated carbocycles. The number of aryl methyl sites for hydroxylation is 1. The van der Waals surface area contributed by atoms with Gasteiger partial charge in [0.2, 0.25) is 0 Å². The van der Waals surface area contributed by atoms with Crippen LogP contribution in [0.4, 0.5) is 4.39 Å². The molecule has 3 N–H and O–H groups in total. The quantitative estimate of drug-likeness (QED) is 0.461. The van der Waals surface area contributed by atoms with Gasteiger partial charge in [0.1, 0.15) is 17.2 Å². The van der Waals surface area contributed by atoms with E-state index in [0.29, 0.717) is 29.5 Å². The molecule has 10 heteroatoms. The third-order valence-corrected chi connectivity index (χ3v) is 6.26. The van der Waals surface area contributed by atoms with E-state index in [1.54, 1.807) is 38.1 Å². The van der Waals surface area contributed by atoms with Crippen LogP contribution in [0.25, 0.3) is 0 Å². The predicted molar refractivity (Wildman–Crippen MR) is 128 cm³/mol. The summed E-state index contributed by atoms with van der Waals surface area (Å²) < 4.78 is 18.6. The Labute approximate surface area is 206 Å². The topological polar surface area (TPSA) is 131 Å². The Bertz CT molecular complexity index is 1370. The molecule has 1 atom stereocenters. The molecule has 0 radical (unpaired) electrons. The van der Waals surface area contributed by atoms with Crippen molar-refractivity contribution in [3.8, 4) is 6.01 Å². The van der Waals surface area contributed by atoms with Gasteiger partial charge in [-0.3, -0.25) is 9.59 Å². The van der Waals surface area contributed by atoms with E-state index in [9.17, 15) is 23.9 Å². The van der Waals surface area contributed by atoms with Crippen LogP contribution in [-0.2, 0) is 13.0 Å². The van der Waals surface area contributed by atoms with Crippen molar-refractivity contribution in [2.24, 2.45) is 0 Å². The first-order chi connectivity index (χ1) is 17.2. The zero-order valence-electron chi connectivity index (χ0n) is 20.0. The fourth-order valence-electron chi connectivity index (χ4n) is 4.33. The number of amides is 2. The van der Waals surface area contributed by atoms with Crippen molar-refractivity contribution in [1.29, 1.82) is 0 Å². The van der Waals surface area contributed by atoms with Crippen LogP contribution in [0.2, 0.25) is 0 Å². The highest BCUT2D eigenvalue weighted by atomic mass is 19.1. The minimum absolute atomic E-state index is 0.0445. The monoisotopic (exact) mass is 492 g/mol. The van der Waals surface area contributed by atoms with Gasteiger partial charge in [0.25, 0.3) is 11.8 Å². The van der Waals surface area contributed by atoms with Gasteiger partial charge < -0.3 is 20.5 Å². The van der Waals surface area contributed by atoms with E-state index in [2.05, 4.69) is 20.6 Å². The third-order valence-electron chi connectivity index (χ3n) is 6.26. The molecular weight excluding hydrogens is 467 g/mol. The molecule has 186 valence electrons. The number of carbonyl (C=O) groups is 3. The number of carboxylic acid groups (broad SMARTS) is 1. The van der Waals surface area contributed by atoms with Gasteiger partial charge in [-0.15, -0.1) is 0 Å². The van der Waals surface area contributed by atoms with Crippen LogP contribution in [0.3, 0.4) is 0 Å². The Morgan fingerprint density at radius 1 is 1.08 bits per heavy atom. The summed E-state index contributed by atoms with van der Waals surface area (Å²) in [6.07, 6.45) is 1.24. The van der Waals surface area contributed by atoms with Gasteiger partial charge in [0.15, 0.2) is 0 Å². The first kappa shape index (κ1) is 24.8. The summed E-state index contributed by atoms with van der Waals surface area (Å²) >= 11 is 0. The number of benzene rings is 2. The number of nitrogens with one attached hydrogen (secondary N) is 2. The van der Waals surface area contributed by atoms with E-state index in [1.807, 2.05) is 0 Å². The maximum Gasteiger partial charge on any atom is 0.335 e. The van der Waals surface area contributed by atoms with Gasteiger partial charge in [-0.2, -0.15) is 9.97 Å². The summed E-state index contributed by atoms with van der Waals surface area (Å²) in [5.74, 6) is -2.38. The largest absolute Gasteiger partial charge is 0.478 e. The molecule has 0 bridgehead atoms. The van der Waals surface area contributed by atoms with E-state index in [0.717, 1.165) is 11.1 Å². The van der Waals surface area contributed by atoms with E-state index < -0.39 is 17.8 Å². The van der Waals surface area contributed by atoms with Crippen molar-refractivity contribution < 1.29 is 28.6 Å². The summed E-state index contributed by atoms with van der Waals surface area (Å²) in [5, 5.41) is 15.0. The average Bonchev–Trinajstić information content (AvgIpc) is 3.27. The van der Waals surface area contributed by atoms with Gasteiger partial charge in [0, 0.05) is 12.6 Å². The molecular formula is C26H25FN4O5. The number of rotatable bonds is 7. The van der Waals surface area contributed by atoms with Crippen LogP contribution in [-0.4, -0.2) is 40.0 Å². The average molecular weight is 493 g/mol. The van der Waals surface area contributed by atoms with E-state index in [-0.39, 0.29) is 41.4 Å². The molecule has 2 aromatic carbocycles.